The molecule has 2 amide bonds. The number of unbranched alkanes of at least 4 members (excludes halogenated alkanes) is 1. The first-order chi connectivity index (χ1) is 18.9. The maximum atomic E-state index is 12.6. The van der Waals surface area contributed by atoms with Crippen LogP contribution >= 0.6 is 0 Å². The number of amidine groups is 1. The second kappa shape index (κ2) is 12.2. The molecule has 2 atom stereocenters. The molecular formula is C26H34F3N7O4. The number of benzene rings is 1. The molecule has 40 heavy (non-hydrogen) atoms. The van der Waals surface area contributed by atoms with Gasteiger partial charge in [-0.2, -0.15) is 10.2 Å². The van der Waals surface area contributed by atoms with Crippen molar-refractivity contribution in [2.24, 2.45) is 21.4 Å². The summed E-state index contributed by atoms with van der Waals surface area (Å²) in [7, 11) is 0. The number of ether oxygens (including phenoxy) is 2. The molecule has 0 aromatic heterocycles. The highest BCUT2D eigenvalue weighted by Crippen LogP contribution is 2.25. The van der Waals surface area contributed by atoms with E-state index in [0.717, 1.165) is 19.3 Å². The first kappa shape index (κ1) is 29.3. The van der Waals surface area contributed by atoms with Crippen LogP contribution in [0.5, 0.6) is 5.75 Å². The van der Waals surface area contributed by atoms with E-state index < -0.39 is 23.3 Å². The minimum absolute atomic E-state index is 0.126. The molecule has 1 fully saturated rings. The van der Waals surface area contributed by atoms with Crippen molar-refractivity contribution in [1.29, 1.82) is 0 Å². The summed E-state index contributed by atoms with van der Waals surface area (Å²) in [5, 5.41) is 20.0. The van der Waals surface area contributed by atoms with Crippen LogP contribution in [-0.2, 0) is 20.7 Å². The van der Waals surface area contributed by atoms with E-state index in [2.05, 4.69) is 36.2 Å². The van der Waals surface area contributed by atoms with Crippen LogP contribution < -0.4 is 20.8 Å². The Bertz CT molecular complexity index is 1170. The van der Waals surface area contributed by atoms with Crippen molar-refractivity contribution >= 4 is 17.6 Å². The number of hydrazone groups is 1. The zero-order valence-electron chi connectivity index (χ0n) is 22.5. The number of nitrogens with zero attached hydrogens (tertiary/aromatic N) is 4. The second-order valence-electron chi connectivity index (χ2n) is 10.7. The fraction of sp³-hybridized carbons (Fsp3) is 0.577. The van der Waals surface area contributed by atoms with Gasteiger partial charge in [0, 0.05) is 19.0 Å². The number of rotatable bonds is 11. The lowest BCUT2D eigenvalue weighted by Gasteiger charge is -2.29. The Labute approximate surface area is 230 Å². The van der Waals surface area contributed by atoms with Gasteiger partial charge in [-0.1, -0.05) is 23.4 Å². The Kier molecular flexibility index (Phi) is 8.96. The van der Waals surface area contributed by atoms with Crippen molar-refractivity contribution in [3.8, 4) is 5.75 Å². The molecule has 0 radical (unpaired) electrons. The topological polar surface area (TPSA) is 129 Å². The molecule has 0 spiro atoms. The van der Waals surface area contributed by atoms with E-state index in [9.17, 15) is 22.8 Å². The summed E-state index contributed by atoms with van der Waals surface area (Å²) < 4.78 is 46.3. The molecule has 218 valence electrons. The molecule has 0 bridgehead atoms. The molecule has 1 saturated heterocycles. The molecule has 3 aliphatic rings. The Morgan fingerprint density at radius 1 is 1.25 bits per heavy atom. The van der Waals surface area contributed by atoms with Crippen molar-refractivity contribution in [2.45, 2.75) is 57.0 Å². The van der Waals surface area contributed by atoms with Crippen LogP contribution in [0.3, 0.4) is 0 Å². The fourth-order valence-corrected chi connectivity index (χ4v) is 4.40. The van der Waals surface area contributed by atoms with Crippen molar-refractivity contribution in [3.63, 3.8) is 0 Å². The minimum Gasteiger partial charge on any atom is -0.406 e. The number of carbonyl (C=O) groups is 2. The standard InChI is InChI=1S/C26H34F3N7O4/c1-24(9-3-4-11-36-17-25(2,34-35-36)23(38)30-14-19-15-39-16-19)10-8-21(32-33-24)31-22(37)13-18-6-5-7-20(12-18)40-26(27,28)29/h5-8,10,12,19,33H,3-4,9,11,13-17H2,1-2H3,(H,30,38)(H,31,32,37). The molecule has 3 aliphatic heterocycles. The number of alkyl halides is 3. The molecule has 3 heterocycles. The van der Waals surface area contributed by atoms with Gasteiger partial charge in [0.05, 0.1) is 31.7 Å². The SMILES string of the molecule is CC1(CCCCN2CC(C)(C(=O)NCC3COC3)N=N2)C=CC(NC(=O)Cc2cccc(OC(F)(F)F)c2)=NN1. The molecular weight excluding hydrogens is 531 g/mol. The van der Waals surface area contributed by atoms with Crippen LogP contribution in [-0.4, -0.2) is 72.9 Å². The fourth-order valence-electron chi connectivity index (χ4n) is 4.40. The van der Waals surface area contributed by atoms with Gasteiger partial charge in [-0.15, -0.1) is 13.2 Å². The number of hydrogen-bond donors (Lipinski definition) is 3. The number of amides is 2. The van der Waals surface area contributed by atoms with Crippen molar-refractivity contribution in [1.82, 2.24) is 21.1 Å². The van der Waals surface area contributed by atoms with E-state index in [0.29, 0.717) is 50.2 Å². The van der Waals surface area contributed by atoms with Crippen LogP contribution in [0.1, 0.15) is 38.7 Å². The lowest BCUT2D eigenvalue weighted by molar-refractivity contribution is -0.274. The van der Waals surface area contributed by atoms with Gasteiger partial charge in [-0.25, -0.2) is 0 Å². The van der Waals surface area contributed by atoms with Gasteiger partial charge in [0.1, 0.15) is 5.75 Å². The average Bonchev–Trinajstić information content (AvgIpc) is 3.24. The monoisotopic (exact) mass is 565 g/mol. The van der Waals surface area contributed by atoms with Gasteiger partial charge in [-0.05, 0) is 56.9 Å². The molecule has 4 rings (SSSR count). The van der Waals surface area contributed by atoms with E-state index in [1.807, 2.05) is 18.0 Å². The zero-order chi connectivity index (χ0) is 28.8. The van der Waals surface area contributed by atoms with Crippen LogP contribution in [0, 0.1) is 5.92 Å². The summed E-state index contributed by atoms with van der Waals surface area (Å²) in [4.78, 5) is 24.9. The lowest BCUT2D eigenvalue weighted by Crippen LogP contribution is -2.49. The molecule has 1 aromatic rings. The maximum absolute atomic E-state index is 12.6. The van der Waals surface area contributed by atoms with E-state index in [1.165, 1.54) is 18.2 Å². The summed E-state index contributed by atoms with van der Waals surface area (Å²) in [6.07, 6.45) is 1.15. The van der Waals surface area contributed by atoms with E-state index in [4.69, 9.17) is 4.74 Å². The largest absolute Gasteiger partial charge is 0.573 e. The van der Waals surface area contributed by atoms with Crippen LogP contribution in [0.25, 0.3) is 0 Å². The van der Waals surface area contributed by atoms with Crippen molar-refractivity contribution in [2.75, 3.05) is 32.8 Å². The average molecular weight is 566 g/mol. The second-order valence-corrected chi connectivity index (χ2v) is 10.7. The Morgan fingerprint density at radius 3 is 2.73 bits per heavy atom. The first-order valence-corrected chi connectivity index (χ1v) is 13.1. The first-order valence-electron chi connectivity index (χ1n) is 13.1. The minimum atomic E-state index is -4.80. The molecule has 3 N–H and O–H groups in total. The Hall–Kier alpha value is -3.68. The summed E-state index contributed by atoms with van der Waals surface area (Å²) in [6, 6.07) is 5.28. The molecule has 14 heteroatoms. The number of carbonyl (C=O) groups excluding carboxylic acids is 2. The van der Waals surface area contributed by atoms with E-state index in [1.54, 1.807) is 19.1 Å². The highest BCUT2D eigenvalue weighted by molar-refractivity contribution is 6.05. The summed E-state index contributed by atoms with van der Waals surface area (Å²) in [5.74, 6) is -0.247. The van der Waals surface area contributed by atoms with Crippen LogP contribution in [0.4, 0.5) is 13.2 Å². The summed E-state index contributed by atoms with van der Waals surface area (Å²) >= 11 is 0. The molecule has 0 aliphatic carbocycles. The summed E-state index contributed by atoms with van der Waals surface area (Å²) in [6.45, 7) is 6.82. The van der Waals surface area contributed by atoms with Gasteiger partial charge >= 0.3 is 6.36 Å². The Balaban J connectivity index is 1.14. The highest BCUT2D eigenvalue weighted by atomic mass is 19.4. The van der Waals surface area contributed by atoms with Crippen LogP contribution in [0.15, 0.2) is 51.9 Å². The van der Waals surface area contributed by atoms with Gasteiger partial charge < -0.3 is 20.1 Å². The predicted molar refractivity (Wildman–Crippen MR) is 139 cm³/mol. The molecule has 1 aromatic carbocycles. The van der Waals surface area contributed by atoms with Crippen LogP contribution in [0.2, 0.25) is 0 Å². The normalized spacial score (nSPS) is 24.2. The Morgan fingerprint density at radius 2 is 2.05 bits per heavy atom. The number of halogens is 3. The van der Waals surface area contributed by atoms with E-state index in [-0.39, 0.29) is 18.1 Å². The number of hydrogen-bond acceptors (Lipinski definition) is 9. The smallest absolute Gasteiger partial charge is 0.406 e. The maximum Gasteiger partial charge on any atom is 0.573 e. The quantitative estimate of drug-likeness (QED) is 0.354. The van der Waals surface area contributed by atoms with Gasteiger partial charge in [-0.3, -0.25) is 20.0 Å². The molecule has 11 nitrogen and oxygen atoms in total. The zero-order valence-corrected chi connectivity index (χ0v) is 22.5. The summed E-state index contributed by atoms with van der Waals surface area (Å²) in [5.41, 5.74) is 2.14. The molecule has 0 saturated carbocycles. The van der Waals surface area contributed by atoms with Gasteiger partial charge in [0.25, 0.3) is 5.91 Å². The molecule has 2 unspecified atom stereocenters. The third-order valence-corrected chi connectivity index (χ3v) is 6.80. The third-order valence-electron chi connectivity index (χ3n) is 6.80. The van der Waals surface area contributed by atoms with Crippen molar-refractivity contribution < 1.29 is 32.2 Å². The lowest BCUT2D eigenvalue weighted by atomic mass is 9.94. The van der Waals surface area contributed by atoms with Gasteiger partial charge in [0.15, 0.2) is 11.4 Å². The van der Waals surface area contributed by atoms with Gasteiger partial charge in [0.2, 0.25) is 5.91 Å². The van der Waals surface area contributed by atoms with E-state index >= 15 is 0 Å². The highest BCUT2D eigenvalue weighted by Gasteiger charge is 2.40. The predicted octanol–water partition coefficient (Wildman–Crippen LogP) is 2.85. The van der Waals surface area contributed by atoms with Crippen molar-refractivity contribution in [3.05, 3.63) is 42.0 Å². The number of nitrogens with one attached hydrogen (secondary N) is 3. The third kappa shape index (κ3) is 8.41.